The molecule has 2 rings (SSSR count). The number of methoxy groups -OCH3 is 1. The molecule has 0 aliphatic heterocycles. The summed E-state index contributed by atoms with van der Waals surface area (Å²) in [5, 5.41) is 28.2. The molecule has 0 bridgehead atoms. The number of phenols is 2. The summed E-state index contributed by atoms with van der Waals surface area (Å²) >= 11 is 0. The van der Waals surface area contributed by atoms with Crippen LogP contribution in [0.1, 0.15) is 23.1 Å². The van der Waals surface area contributed by atoms with Crippen molar-refractivity contribution in [3.05, 3.63) is 65.2 Å². The quantitative estimate of drug-likeness (QED) is 0.489. The molecule has 0 spiro atoms. The molecule has 2 aromatic carbocycles. The normalized spacial score (nSPS) is 11.2. The lowest BCUT2D eigenvalue weighted by molar-refractivity contribution is -0.121. The van der Waals surface area contributed by atoms with Gasteiger partial charge in [-0.05, 0) is 47.5 Å². The molecule has 0 aliphatic carbocycles. The SMILES string of the molecule is COc1cc(C=CC(=O)CC(=O)C=Cc2ccc(O)c(CO)c2)ccc1O. The smallest absolute Gasteiger partial charge is 0.163 e. The van der Waals surface area contributed by atoms with Gasteiger partial charge in [-0.1, -0.05) is 24.3 Å². The van der Waals surface area contributed by atoms with Crippen molar-refractivity contribution in [1.82, 2.24) is 0 Å². The van der Waals surface area contributed by atoms with Gasteiger partial charge in [0.1, 0.15) is 5.75 Å². The fourth-order valence-corrected chi connectivity index (χ4v) is 2.30. The number of aromatic hydroxyl groups is 2. The lowest BCUT2D eigenvalue weighted by Crippen LogP contribution is -2.01. The summed E-state index contributed by atoms with van der Waals surface area (Å²) in [4.78, 5) is 23.8. The van der Waals surface area contributed by atoms with Gasteiger partial charge in [-0.25, -0.2) is 0 Å². The number of ether oxygens (including phenoxy) is 1. The molecule has 6 nitrogen and oxygen atoms in total. The minimum atomic E-state index is -0.369. The van der Waals surface area contributed by atoms with Crippen molar-refractivity contribution in [3.63, 3.8) is 0 Å². The number of aliphatic hydroxyl groups is 1. The highest BCUT2D eigenvalue weighted by atomic mass is 16.5. The summed E-state index contributed by atoms with van der Waals surface area (Å²) in [6.45, 7) is -0.313. The summed E-state index contributed by atoms with van der Waals surface area (Å²) in [6, 6.07) is 9.22. The van der Waals surface area contributed by atoms with Crippen molar-refractivity contribution in [2.75, 3.05) is 7.11 Å². The van der Waals surface area contributed by atoms with Gasteiger partial charge >= 0.3 is 0 Å². The van der Waals surface area contributed by atoms with Crippen LogP contribution in [-0.4, -0.2) is 34.0 Å². The maximum Gasteiger partial charge on any atom is 0.163 e. The second-order valence-corrected chi connectivity index (χ2v) is 5.75. The molecule has 140 valence electrons. The number of rotatable bonds is 8. The Labute approximate surface area is 156 Å². The van der Waals surface area contributed by atoms with Gasteiger partial charge in [-0.15, -0.1) is 0 Å². The van der Waals surface area contributed by atoms with Crippen molar-refractivity contribution < 1.29 is 29.6 Å². The molecule has 3 N–H and O–H groups in total. The molecule has 27 heavy (non-hydrogen) atoms. The Balaban J connectivity index is 1.96. The Morgan fingerprint density at radius 1 is 0.926 bits per heavy atom. The first-order valence-corrected chi connectivity index (χ1v) is 8.14. The predicted molar refractivity (Wildman–Crippen MR) is 101 cm³/mol. The topological polar surface area (TPSA) is 104 Å². The molecule has 0 aromatic heterocycles. The van der Waals surface area contributed by atoms with Crippen molar-refractivity contribution in [2.24, 2.45) is 0 Å². The van der Waals surface area contributed by atoms with E-state index in [9.17, 15) is 19.8 Å². The number of benzene rings is 2. The molecule has 0 heterocycles. The number of ketones is 2. The molecule has 0 fully saturated rings. The van der Waals surface area contributed by atoms with Crippen LogP contribution in [0.4, 0.5) is 0 Å². The number of hydrogen-bond donors (Lipinski definition) is 3. The van der Waals surface area contributed by atoms with Gasteiger partial charge in [0.15, 0.2) is 23.1 Å². The standard InChI is InChI=1S/C21H20O6/c1-27-21-11-15(5-9-20(21)26)3-7-18(24)12-17(23)6-2-14-4-8-19(25)16(10-14)13-22/h2-11,22,25-26H,12-13H2,1H3. The van der Waals surface area contributed by atoms with E-state index in [1.54, 1.807) is 24.3 Å². The van der Waals surface area contributed by atoms with Gasteiger partial charge in [0, 0.05) is 5.56 Å². The zero-order valence-corrected chi connectivity index (χ0v) is 14.8. The van der Waals surface area contributed by atoms with Crippen molar-refractivity contribution in [3.8, 4) is 17.2 Å². The molecule has 0 radical (unpaired) electrons. The fraction of sp³-hybridized carbons (Fsp3) is 0.143. The van der Waals surface area contributed by atoms with Crippen LogP contribution in [-0.2, 0) is 16.2 Å². The Hall–Kier alpha value is -3.38. The first-order chi connectivity index (χ1) is 12.9. The van der Waals surface area contributed by atoms with E-state index in [1.807, 2.05) is 0 Å². The molecule has 0 atom stereocenters. The van der Waals surface area contributed by atoms with Crippen LogP contribution >= 0.6 is 0 Å². The molecule has 0 amide bonds. The largest absolute Gasteiger partial charge is 0.508 e. The van der Waals surface area contributed by atoms with E-state index in [1.165, 1.54) is 43.5 Å². The molecular weight excluding hydrogens is 348 g/mol. The lowest BCUT2D eigenvalue weighted by Gasteiger charge is -2.03. The second-order valence-electron chi connectivity index (χ2n) is 5.75. The fourth-order valence-electron chi connectivity index (χ4n) is 2.30. The molecule has 6 heteroatoms. The van der Waals surface area contributed by atoms with Crippen LogP contribution in [0.5, 0.6) is 17.2 Å². The zero-order valence-electron chi connectivity index (χ0n) is 14.8. The van der Waals surface area contributed by atoms with E-state index in [-0.39, 0.29) is 36.1 Å². The van der Waals surface area contributed by atoms with Crippen molar-refractivity contribution in [2.45, 2.75) is 13.0 Å². The summed E-state index contributed by atoms with van der Waals surface area (Å²) in [6.07, 6.45) is 5.34. The maximum atomic E-state index is 11.9. The third kappa shape index (κ3) is 5.83. The highest BCUT2D eigenvalue weighted by Crippen LogP contribution is 2.26. The van der Waals surface area contributed by atoms with E-state index >= 15 is 0 Å². The monoisotopic (exact) mass is 368 g/mol. The third-order valence-electron chi connectivity index (χ3n) is 3.75. The highest BCUT2D eigenvalue weighted by molar-refractivity contribution is 6.10. The minimum Gasteiger partial charge on any atom is -0.508 e. The maximum absolute atomic E-state index is 11.9. The Kier molecular flexibility index (Phi) is 6.91. The lowest BCUT2D eigenvalue weighted by atomic mass is 10.1. The van der Waals surface area contributed by atoms with Crippen LogP contribution in [0, 0.1) is 0 Å². The highest BCUT2D eigenvalue weighted by Gasteiger charge is 2.05. The van der Waals surface area contributed by atoms with Gasteiger partial charge < -0.3 is 20.1 Å². The van der Waals surface area contributed by atoms with E-state index in [4.69, 9.17) is 9.84 Å². The van der Waals surface area contributed by atoms with Crippen LogP contribution in [0.25, 0.3) is 12.2 Å². The zero-order chi connectivity index (χ0) is 19.8. The average molecular weight is 368 g/mol. The second kappa shape index (κ2) is 9.35. The molecule has 0 saturated heterocycles. The summed E-state index contributed by atoms with van der Waals surface area (Å²) in [5.41, 5.74) is 1.64. The number of phenolic OH excluding ortho intramolecular Hbond substituents is 1. The van der Waals surface area contributed by atoms with Crippen LogP contribution in [0.3, 0.4) is 0 Å². The van der Waals surface area contributed by atoms with Crippen LogP contribution in [0.15, 0.2) is 48.6 Å². The van der Waals surface area contributed by atoms with E-state index in [0.717, 1.165) is 0 Å². The number of hydrogen-bond acceptors (Lipinski definition) is 6. The van der Waals surface area contributed by atoms with E-state index in [2.05, 4.69) is 0 Å². The molecule has 0 saturated carbocycles. The number of aliphatic hydroxyl groups excluding tert-OH is 1. The van der Waals surface area contributed by atoms with Gasteiger partial charge in [-0.3, -0.25) is 9.59 Å². The number of carbonyl (C=O) groups is 2. The summed E-state index contributed by atoms with van der Waals surface area (Å²) < 4.78 is 4.99. The molecule has 0 unspecified atom stereocenters. The Morgan fingerprint density at radius 2 is 1.48 bits per heavy atom. The molecule has 0 aliphatic rings. The predicted octanol–water partition coefficient (Wildman–Crippen LogP) is 2.85. The van der Waals surface area contributed by atoms with E-state index in [0.29, 0.717) is 22.4 Å². The summed E-state index contributed by atoms with van der Waals surface area (Å²) in [7, 11) is 1.43. The van der Waals surface area contributed by atoms with Crippen LogP contribution < -0.4 is 4.74 Å². The van der Waals surface area contributed by atoms with Gasteiger partial charge in [-0.2, -0.15) is 0 Å². The Bertz CT molecular complexity index is 822. The average Bonchev–Trinajstić information content (AvgIpc) is 2.66. The first-order valence-electron chi connectivity index (χ1n) is 8.14. The number of carbonyl (C=O) groups excluding carboxylic acids is 2. The van der Waals surface area contributed by atoms with Gasteiger partial charge in [0.05, 0.1) is 20.1 Å². The number of allylic oxidation sites excluding steroid dienone is 2. The van der Waals surface area contributed by atoms with E-state index < -0.39 is 0 Å². The molecule has 2 aromatic rings. The first kappa shape index (κ1) is 19.9. The summed E-state index contributed by atoms with van der Waals surface area (Å²) in [5.74, 6) is -0.461. The molecular formula is C21H20O6. The van der Waals surface area contributed by atoms with Crippen molar-refractivity contribution in [1.29, 1.82) is 0 Å². The van der Waals surface area contributed by atoms with Crippen molar-refractivity contribution >= 4 is 23.7 Å². The van der Waals surface area contributed by atoms with Gasteiger partial charge in [0.25, 0.3) is 0 Å². The Morgan fingerprint density at radius 3 is 2.04 bits per heavy atom. The van der Waals surface area contributed by atoms with Gasteiger partial charge in [0.2, 0.25) is 0 Å². The minimum absolute atomic E-state index is 0.000113. The third-order valence-corrected chi connectivity index (χ3v) is 3.75. The van der Waals surface area contributed by atoms with Crippen LogP contribution in [0.2, 0.25) is 0 Å².